The van der Waals surface area contributed by atoms with Crippen LogP contribution >= 0.6 is 0 Å². The molecule has 0 aromatic heterocycles. The number of carbonyl (C=O) groups is 1. The van der Waals surface area contributed by atoms with Gasteiger partial charge >= 0.3 is 0 Å². The van der Waals surface area contributed by atoms with Crippen LogP contribution in [-0.4, -0.2) is 17.9 Å². The van der Waals surface area contributed by atoms with Crippen molar-refractivity contribution in [1.82, 2.24) is 4.90 Å². The molecule has 0 saturated carbocycles. The summed E-state index contributed by atoms with van der Waals surface area (Å²) in [6.45, 7) is 3.89. The molecule has 0 unspecified atom stereocenters. The van der Waals surface area contributed by atoms with Crippen LogP contribution in [0.3, 0.4) is 0 Å². The average molecular weight is 201 g/mol. The molecule has 0 saturated heterocycles. The zero-order chi connectivity index (χ0) is 11.1. The maximum absolute atomic E-state index is 11.9. The van der Waals surface area contributed by atoms with Gasteiger partial charge in [0.25, 0.3) is 0 Å². The van der Waals surface area contributed by atoms with E-state index in [-0.39, 0.29) is 11.3 Å². The van der Waals surface area contributed by atoms with Crippen molar-refractivity contribution in [3.8, 4) is 0 Å². The fraction of sp³-hybridized carbons (Fsp3) is 0.308. The molecule has 0 spiro atoms. The molecular formula is C13H15NO. The molecule has 1 aliphatic heterocycles. The molecule has 1 amide bonds. The molecular weight excluding hydrogens is 186 g/mol. The smallest absolute Gasteiger partial charge is 0.236 e. The average Bonchev–Trinajstić information content (AvgIpc) is 2.44. The molecule has 1 aromatic carbocycles. The quantitative estimate of drug-likeness (QED) is 0.683. The molecule has 0 bridgehead atoms. The summed E-state index contributed by atoms with van der Waals surface area (Å²) >= 11 is 0. The molecule has 1 aromatic rings. The monoisotopic (exact) mass is 201 g/mol. The van der Waals surface area contributed by atoms with Gasteiger partial charge in [0.1, 0.15) is 0 Å². The van der Waals surface area contributed by atoms with Gasteiger partial charge in [0.2, 0.25) is 5.91 Å². The molecule has 2 nitrogen and oxygen atoms in total. The van der Waals surface area contributed by atoms with Crippen LogP contribution in [-0.2, 0) is 4.79 Å². The lowest BCUT2D eigenvalue weighted by molar-refractivity contribution is -0.131. The van der Waals surface area contributed by atoms with Crippen molar-refractivity contribution < 1.29 is 4.79 Å². The number of hydrogen-bond acceptors (Lipinski definition) is 1. The second kappa shape index (κ2) is 3.23. The number of carbonyl (C=O) groups excluding carboxylic acids is 1. The van der Waals surface area contributed by atoms with Crippen LogP contribution < -0.4 is 0 Å². The van der Waals surface area contributed by atoms with Gasteiger partial charge < -0.3 is 4.90 Å². The molecule has 2 heteroatoms. The van der Waals surface area contributed by atoms with E-state index >= 15 is 0 Å². The summed E-state index contributed by atoms with van der Waals surface area (Å²) in [5, 5.41) is 0. The van der Waals surface area contributed by atoms with Gasteiger partial charge in [-0.05, 0) is 25.5 Å². The van der Waals surface area contributed by atoms with Crippen LogP contribution in [0.2, 0.25) is 0 Å². The summed E-state index contributed by atoms with van der Waals surface area (Å²) in [6.07, 6.45) is 2.03. The number of amides is 1. The minimum atomic E-state index is -0.375. The zero-order valence-corrected chi connectivity index (χ0v) is 9.32. The summed E-state index contributed by atoms with van der Waals surface area (Å²) in [7, 11) is 1.83. The Hall–Kier alpha value is -1.57. The van der Waals surface area contributed by atoms with Crippen molar-refractivity contribution in [3.05, 3.63) is 42.0 Å². The normalized spacial score (nSPS) is 19.3. The van der Waals surface area contributed by atoms with Crippen molar-refractivity contribution in [2.45, 2.75) is 13.8 Å². The highest BCUT2D eigenvalue weighted by Gasteiger charge is 2.36. The molecule has 0 N–H and O–H groups in total. The topological polar surface area (TPSA) is 20.3 Å². The standard InChI is InChI=1S/C13H15NO/c1-13(2)9-11(14(3)12(13)15)10-7-5-4-6-8-10/h4-9H,1-3H3. The highest BCUT2D eigenvalue weighted by atomic mass is 16.2. The van der Waals surface area contributed by atoms with Gasteiger partial charge in [-0.25, -0.2) is 0 Å². The molecule has 0 fully saturated rings. The van der Waals surface area contributed by atoms with E-state index in [1.54, 1.807) is 4.90 Å². The van der Waals surface area contributed by atoms with Crippen LogP contribution in [0.15, 0.2) is 36.4 Å². The minimum Gasteiger partial charge on any atom is -0.314 e. The second-order valence-electron chi connectivity index (χ2n) is 4.48. The van der Waals surface area contributed by atoms with Crippen molar-refractivity contribution in [2.24, 2.45) is 5.41 Å². The van der Waals surface area contributed by atoms with Crippen molar-refractivity contribution >= 4 is 11.6 Å². The summed E-state index contributed by atoms with van der Waals surface area (Å²) in [5.41, 5.74) is 1.73. The number of benzene rings is 1. The molecule has 2 rings (SSSR count). The molecule has 0 atom stereocenters. The molecule has 0 radical (unpaired) electrons. The van der Waals surface area contributed by atoms with E-state index < -0.39 is 0 Å². The van der Waals surface area contributed by atoms with Gasteiger partial charge in [-0.1, -0.05) is 30.3 Å². The molecule has 15 heavy (non-hydrogen) atoms. The van der Waals surface area contributed by atoms with Crippen LogP contribution in [0.25, 0.3) is 5.70 Å². The van der Waals surface area contributed by atoms with E-state index in [1.165, 1.54) is 0 Å². The summed E-state index contributed by atoms with van der Waals surface area (Å²) in [6, 6.07) is 10.00. The van der Waals surface area contributed by atoms with Gasteiger partial charge in [-0.2, -0.15) is 0 Å². The molecule has 1 heterocycles. The fourth-order valence-electron chi connectivity index (χ4n) is 1.93. The first kappa shape index (κ1) is 9.97. The first-order valence-corrected chi connectivity index (χ1v) is 5.09. The highest BCUT2D eigenvalue weighted by molar-refractivity contribution is 5.97. The highest BCUT2D eigenvalue weighted by Crippen LogP contribution is 2.35. The van der Waals surface area contributed by atoms with Crippen molar-refractivity contribution in [2.75, 3.05) is 7.05 Å². The first-order valence-electron chi connectivity index (χ1n) is 5.09. The lowest BCUT2D eigenvalue weighted by Crippen LogP contribution is -2.29. The van der Waals surface area contributed by atoms with Crippen molar-refractivity contribution in [3.63, 3.8) is 0 Å². The predicted octanol–water partition coefficient (Wildman–Crippen LogP) is 2.53. The van der Waals surface area contributed by atoms with E-state index in [0.29, 0.717) is 0 Å². The second-order valence-corrected chi connectivity index (χ2v) is 4.48. The first-order chi connectivity index (χ1) is 7.02. The number of nitrogens with zero attached hydrogens (tertiary/aromatic N) is 1. The third-order valence-corrected chi connectivity index (χ3v) is 2.78. The van der Waals surface area contributed by atoms with E-state index in [9.17, 15) is 4.79 Å². The maximum Gasteiger partial charge on any atom is 0.236 e. The van der Waals surface area contributed by atoms with Gasteiger partial charge in [0.05, 0.1) is 5.41 Å². The Labute approximate surface area is 90.2 Å². The maximum atomic E-state index is 11.9. The van der Waals surface area contributed by atoms with E-state index in [4.69, 9.17) is 0 Å². The van der Waals surface area contributed by atoms with E-state index in [0.717, 1.165) is 11.3 Å². The third kappa shape index (κ3) is 1.56. The summed E-state index contributed by atoms with van der Waals surface area (Å²) in [5.74, 6) is 0.154. The largest absolute Gasteiger partial charge is 0.314 e. The minimum absolute atomic E-state index is 0.154. The third-order valence-electron chi connectivity index (χ3n) is 2.78. The number of rotatable bonds is 1. The van der Waals surface area contributed by atoms with Crippen LogP contribution in [0.5, 0.6) is 0 Å². The van der Waals surface area contributed by atoms with Crippen molar-refractivity contribution in [1.29, 1.82) is 0 Å². The van der Waals surface area contributed by atoms with Gasteiger partial charge in [0.15, 0.2) is 0 Å². The lowest BCUT2D eigenvalue weighted by Gasteiger charge is -2.17. The molecule has 78 valence electrons. The Morgan fingerprint density at radius 3 is 2.20 bits per heavy atom. The Morgan fingerprint density at radius 1 is 1.13 bits per heavy atom. The Kier molecular flexibility index (Phi) is 2.14. The van der Waals surface area contributed by atoms with Gasteiger partial charge in [-0.15, -0.1) is 0 Å². The Bertz CT molecular complexity index is 417. The molecule has 1 aliphatic rings. The Morgan fingerprint density at radius 2 is 1.73 bits per heavy atom. The Balaban J connectivity index is 2.45. The fourth-order valence-corrected chi connectivity index (χ4v) is 1.93. The van der Waals surface area contributed by atoms with E-state index in [1.807, 2.05) is 57.3 Å². The van der Waals surface area contributed by atoms with Crippen LogP contribution in [0.4, 0.5) is 0 Å². The summed E-state index contributed by atoms with van der Waals surface area (Å²) in [4.78, 5) is 13.6. The van der Waals surface area contributed by atoms with Gasteiger partial charge in [-0.3, -0.25) is 4.79 Å². The lowest BCUT2D eigenvalue weighted by atomic mass is 9.94. The number of hydrogen-bond donors (Lipinski definition) is 0. The predicted molar refractivity (Wildman–Crippen MR) is 61.0 cm³/mol. The SMILES string of the molecule is CN1C(=O)C(C)(C)C=C1c1ccccc1. The summed E-state index contributed by atoms with van der Waals surface area (Å²) < 4.78 is 0. The zero-order valence-electron chi connectivity index (χ0n) is 9.32. The van der Waals surface area contributed by atoms with E-state index in [2.05, 4.69) is 0 Å². The van der Waals surface area contributed by atoms with Crippen LogP contribution in [0.1, 0.15) is 19.4 Å². The van der Waals surface area contributed by atoms with Crippen LogP contribution in [0, 0.1) is 5.41 Å². The van der Waals surface area contributed by atoms with Gasteiger partial charge in [0, 0.05) is 12.7 Å². The molecule has 0 aliphatic carbocycles.